The Morgan fingerprint density at radius 3 is 2.50 bits per heavy atom. The predicted octanol–water partition coefficient (Wildman–Crippen LogP) is 1.95. The van der Waals surface area contributed by atoms with E-state index in [0.29, 0.717) is 0 Å². The molecular formula is C14H18BNO2. The Kier molecular flexibility index (Phi) is 2.72. The molecule has 1 aliphatic heterocycles. The predicted molar refractivity (Wildman–Crippen MR) is 74.0 cm³/mol. The summed E-state index contributed by atoms with van der Waals surface area (Å²) < 4.78 is 13.8. The monoisotopic (exact) mass is 243 g/mol. The van der Waals surface area contributed by atoms with Gasteiger partial charge in [0.05, 0.1) is 0 Å². The fourth-order valence-corrected chi connectivity index (χ4v) is 2.40. The number of rotatable bonds is 1. The average molecular weight is 243 g/mol. The highest BCUT2D eigenvalue weighted by atomic mass is 16.6. The lowest BCUT2D eigenvalue weighted by Gasteiger charge is -2.33. The molecule has 1 saturated heterocycles. The van der Waals surface area contributed by atoms with Crippen molar-refractivity contribution in [2.24, 2.45) is 12.5 Å². The van der Waals surface area contributed by atoms with Crippen LogP contribution in [0.1, 0.15) is 13.8 Å². The summed E-state index contributed by atoms with van der Waals surface area (Å²) in [7, 11) is 1.82. The van der Waals surface area contributed by atoms with Crippen LogP contribution >= 0.6 is 0 Å². The second kappa shape index (κ2) is 4.14. The zero-order valence-corrected chi connectivity index (χ0v) is 11.1. The molecule has 0 aliphatic carbocycles. The molecule has 4 heteroatoms. The largest absolute Gasteiger partial charge is 0.511 e. The molecule has 2 heterocycles. The Balaban J connectivity index is 1.93. The summed E-state index contributed by atoms with van der Waals surface area (Å²) in [6, 6.07) is 10.5. The average Bonchev–Trinajstić information content (AvgIpc) is 2.68. The van der Waals surface area contributed by atoms with Gasteiger partial charge in [0.25, 0.3) is 0 Å². The number of hydrogen-bond acceptors (Lipinski definition) is 2. The lowest BCUT2D eigenvalue weighted by molar-refractivity contribution is 0.0338. The normalized spacial score (nSPS) is 19.4. The standard InChI is InChI=1S/C14H18BNO2/c1-14(2)9-17-15(18-10-14)13-8-11-6-4-5-7-12(11)16(13)3/h4-8H,9-10H2,1-3H3. The van der Waals surface area contributed by atoms with E-state index >= 15 is 0 Å². The molecule has 0 spiro atoms. The maximum Gasteiger partial charge on any atom is 0.511 e. The second-order valence-electron chi connectivity index (χ2n) is 5.81. The smallest absolute Gasteiger partial charge is 0.406 e. The van der Waals surface area contributed by atoms with Crippen molar-refractivity contribution in [2.75, 3.05) is 13.2 Å². The topological polar surface area (TPSA) is 23.4 Å². The minimum Gasteiger partial charge on any atom is -0.406 e. The van der Waals surface area contributed by atoms with E-state index < -0.39 is 0 Å². The van der Waals surface area contributed by atoms with Gasteiger partial charge < -0.3 is 13.9 Å². The Bertz CT molecular complexity index is 566. The van der Waals surface area contributed by atoms with Crippen molar-refractivity contribution in [3.63, 3.8) is 0 Å². The van der Waals surface area contributed by atoms with Gasteiger partial charge in [0.1, 0.15) is 0 Å². The summed E-state index contributed by atoms with van der Waals surface area (Å²) in [4.78, 5) is 0. The highest BCUT2D eigenvalue weighted by molar-refractivity contribution is 6.61. The van der Waals surface area contributed by atoms with Crippen molar-refractivity contribution < 1.29 is 9.31 Å². The van der Waals surface area contributed by atoms with Crippen molar-refractivity contribution in [1.29, 1.82) is 0 Å². The van der Waals surface area contributed by atoms with Gasteiger partial charge in [-0.15, -0.1) is 0 Å². The molecule has 18 heavy (non-hydrogen) atoms. The molecule has 3 nitrogen and oxygen atoms in total. The van der Waals surface area contributed by atoms with E-state index in [1.807, 2.05) is 0 Å². The second-order valence-corrected chi connectivity index (χ2v) is 5.81. The minimum atomic E-state index is -0.240. The van der Waals surface area contributed by atoms with E-state index in [0.717, 1.165) is 18.8 Å². The lowest BCUT2D eigenvalue weighted by Crippen LogP contribution is -2.49. The van der Waals surface area contributed by atoms with Crippen molar-refractivity contribution in [1.82, 2.24) is 4.57 Å². The van der Waals surface area contributed by atoms with Crippen LogP contribution in [-0.4, -0.2) is 24.9 Å². The van der Waals surface area contributed by atoms with Gasteiger partial charge in [0.2, 0.25) is 0 Å². The van der Waals surface area contributed by atoms with Crippen LogP contribution in [0.3, 0.4) is 0 Å². The van der Waals surface area contributed by atoms with Gasteiger partial charge in [-0.3, -0.25) is 0 Å². The molecule has 0 N–H and O–H groups in total. The van der Waals surface area contributed by atoms with Gasteiger partial charge in [-0.05, 0) is 17.5 Å². The van der Waals surface area contributed by atoms with Gasteiger partial charge in [-0.2, -0.15) is 0 Å². The molecule has 1 fully saturated rings. The minimum absolute atomic E-state index is 0.112. The maximum atomic E-state index is 5.85. The number of benzene rings is 1. The zero-order chi connectivity index (χ0) is 12.8. The van der Waals surface area contributed by atoms with Crippen molar-refractivity contribution in [3.8, 4) is 0 Å². The molecule has 0 saturated carbocycles. The molecule has 94 valence electrons. The molecule has 1 aliphatic rings. The molecule has 3 rings (SSSR count). The summed E-state index contributed by atoms with van der Waals surface area (Å²) in [6.07, 6.45) is 0. The van der Waals surface area contributed by atoms with E-state index in [9.17, 15) is 0 Å². The van der Waals surface area contributed by atoms with E-state index in [2.05, 4.69) is 55.8 Å². The summed E-state index contributed by atoms with van der Waals surface area (Å²) in [5.74, 6) is 0. The van der Waals surface area contributed by atoms with Crippen molar-refractivity contribution >= 4 is 23.6 Å². The Hall–Kier alpha value is -1.26. The lowest BCUT2D eigenvalue weighted by atomic mass is 9.80. The molecule has 2 aromatic rings. The SMILES string of the molecule is Cn1c(B2OCC(C)(C)CO2)cc2ccccc21. The van der Waals surface area contributed by atoms with Crippen LogP contribution in [0, 0.1) is 5.41 Å². The molecule has 0 radical (unpaired) electrons. The first-order valence-corrected chi connectivity index (χ1v) is 6.34. The number of fused-ring (bicyclic) bond motifs is 1. The van der Waals surface area contributed by atoms with Crippen LogP contribution in [0.4, 0.5) is 0 Å². The van der Waals surface area contributed by atoms with Crippen LogP contribution in [0.2, 0.25) is 0 Å². The highest BCUT2D eigenvalue weighted by Gasteiger charge is 2.35. The first-order chi connectivity index (χ1) is 8.57. The van der Waals surface area contributed by atoms with Crippen LogP contribution in [0.25, 0.3) is 10.9 Å². The first kappa shape index (κ1) is 11.8. The summed E-state index contributed by atoms with van der Waals surface area (Å²) in [5.41, 5.74) is 2.41. The summed E-state index contributed by atoms with van der Waals surface area (Å²) in [6.45, 7) is 5.79. The van der Waals surface area contributed by atoms with Crippen LogP contribution < -0.4 is 5.59 Å². The number of aromatic nitrogens is 1. The van der Waals surface area contributed by atoms with E-state index in [-0.39, 0.29) is 12.5 Å². The Morgan fingerprint density at radius 2 is 1.83 bits per heavy atom. The molecule has 0 amide bonds. The van der Waals surface area contributed by atoms with Gasteiger partial charge in [-0.25, -0.2) is 0 Å². The first-order valence-electron chi connectivity index (χ1n) is 6.34. The number of aryl methyl sites for hydroxylation is 1. The maximum absolute atomic E-state index is 5.85. The number of nitrogens with zero attached hydrogens (tertiary/aromatic N) is 1. The van der Waals surface area contributed by atoms with E-state index in [4.69, 9.17) is 9.31 Å². The molecular weight excluding hydrogens is 225 g/mol. The summed E-state index contributed by atoms with van der Waals surface area (Å²) in [5, 5.41) is 1.23. The van der Waals surface area contributed by atoms with Gasteiger partial charge >= 0.3 is 7.12 Å². The third kappa shape index (κ3) is 1.96. The van der Waals surface area contributed by atoms with Crippen LogP contribution in [0.15, 0.2) is 30.3 Å². The van der Waals surface area contributed by atoms with Crippen molar-refractivity contribution in [2.45, 2.75) is 13.8 Å². The molecule has 0 unspecified atom stereocenters. The van der Waals surface area contributed by atoms with Gasteiger partial charge in [0.15, 0.2) is 0 Å². The third-order valence-electron chi connectivity index (χ3n) is 3.48. The van der Waals surface area contributed by atoms with E-state index in [1.165, 1.54) is 10.9 Å². The molecule has 0 atom stereocenters. The Morgan fingerprint density at radius 1 is 1.17 bits per heavy atom. The number of hydrogen-bond donors (Lipinski definition) is 0. The van der Waals surface area contributed by atoms with Gasteiger partial charge in [0, 0.05) is 36.8 Å². The Labute approximate surface area is 108 Å². The fourth-order valence-electron chi connectivity index (χ4n) is 2.40. The highest BCUT2D eigenvalue weighted by Crippen LogP contribution is 2.22. The van der Waals surface area contributed by atoms with E-state index in [1.54, 1.807) is 0 Å². The zero-order valence-electron chi connectivity index (χ0n) is 11.1. The van der Waals surface area contributed by atoms with Gasteiger partial charge in [-0.1, -0.05) is 32.0 Å². The fraction of sp³-hybridized carbons (Fsp3) is 0.429. The number of para-hydroxylation sites is 1. The van der Waals surface area contributed by atoms with Crippen LogP contribution in [-0.2, 0) is 16.4 Å². The molecule has 0 bridgehead atoms. The quantitative estimate of drug-likeness (QED) is 0.714. The molecule has 1 aromatic carbocycles. The van der Waals surface area contributed by atoms with Crippen molar-refractivity contribution in [3.05, 3.63) is 30.3 Å². The third-order valence-corrected chi connectivity index (χ3v) is 3.48. The summed E-state index contributed by atoms with van der Waals surface area (Å²) >= 11 is 0. The molecule has 1 aromatic heterocycles. The van der Waals surface area contributed by atoms with Crippen LogP contribution in [0.5, 0.6) is 0 Å².